The van der Waals surface area contributed by atoms with Gasteiger partial charge in [0.2, 0.25) is 0 Å². The maximum atomic E-state index is 3.69. The average Bonchev–Trinajstić information content (AvgIpc) is 2.34. The van der Waals surface area contributed by atoms with Crippen molar-refractivity contribution in [1.82, 2.24) is 5.32 Å². The molecule has 0 saturated heterocycles. The molecule has 1 fully saturated rings. The van der Waals surface area contributed by atoms with Crippen LogP contribution in [0, 0.1) is 32.6 Å². The zero-order valence-corrected chi connectivity index (χ0v) is 13.1. The van der Waals surface area contributed by atoms with Crippen molar-refractivity contribution in [1.29, 1.82) is 0 Å². The topological polar surface area (TPSA) is 12.0 Å². The second kappa shape index (κ2) is 6.56. The first-order chi connectivity index (χ1) is 9.06. The van der Waals surface area contributed by atoms with Gasteiger partial charge in [0.15, 0.2) is 0 Å². The molecule has 0 bridgehead atoms. The maximum Gasteiger partial charge on any atom is 0.0210 e. The molecule has 19 heavy (non-hydrogen) atoms. The molecule has 2 rings (SSSR count). The smallest absolute Gasteiger partial charge is 0.0210 e. The van der Waals surface area contributed by atoms with Gasteiger partial charge in [0.1, 0.15) is 0 Å². The lowest BCUT2D eigenvalue weighted by atomic mass is 9.83. The molecule has 0 atom stereocenters. The van der Waals surface area contributed by atoms with Crippen molar-refractivity contribution in [3.05, 3.63) is 34.4 Å². The summed E-state index contributed by atoms with van der Waals surface area (Å²) in [5.41, 5.74) is 5.74. The molecule has 106 valence electrons. The predicted octanol–water partition coefficient (Wildman–Crippen LogP) is 4.53. The van der Waals surface area contributed by atoms with Gasteiger partial charge in [0.25, 0.3) is 0 Å². The third kappa shape index (κ3) is 4.07. The van der Waals surface area contributed by atoms with Crippen LogP contribution in [0.1, 0.15) is 54.9 Å². The van der Waals surface area contributed by atoms with E-state index in [1.54, 1.807) is 0 Å². The molecule has 0 heterocycles. The van der Waals surface area contributed by atoms with Crippen LogP contribution >= 0.6 is 0 Å². The Morgan fingerprint density at radius 3 is 2.16 bits per heavy atom. The molecule has 0 aromatic heterocycles. The van der Waals surface area contributed by atoms with E-state index in [4.69, 9.17) is 0 Å². The first-order valence-corrected chi connectivity index (χ1v) is 7.83. The first-order valence-electron chi connectivity index (χ1n) is 7.83. The molecule has 1 aromatic carbocycles. The summed E-state index contributed by atoms with van der Waals surface area (Å²) in [6.07, 6.45) is 5.68. The average molecular weight is 259 g/mol. The third-order valence-electron chi connectivity index (χ3n) is 4.71. The Hall–Kier alpha value is -0.820. The van der Waals surface area contributed by atoms with Crippen molar-refractivity contribution in [2.45, 2.75) is 59.9 Å². The monoisotopic (exact) mass is 259 g/mol. The van der Waals surface area contributed by atoms with Gasteiger partial charge in [-0.1, -0.05) is 37.5 Å². The maximum absolute atomic E-state index is 3.69. The van der Waals surface area contributed by atoms with Crippen LogP contribution in [0.15, 0.2) is 12.1 Å². The summed E-state index contributed by atoms with van der Waals surface area (Å²) in [7, 11) is 0. The summed E-state index contributed by atoms with van der Waals surface area (Å²) in [6.45, 7) is 11.3. The fourth-order valence-corrected chi connectivity index (χ4v) is 3.42. The Bertz CT molecular complexity index is 391. The zero-order valence-electron chi connectivity index (χ0n) is 13.1. The lowest BCUT2D eigenvalue weighted by Crippen LogP contribution is -2.26. The van der Waals surface area contributed by atoms with E-state index in [0.29, 0.717) is 0 Å². The molecule has 1 N–H and O–H groups in total. The molecular formula is C18H29N. The highest BCUT2D eigenvalue weighted by Crippen LogP contribution is 2.27. The molecule has 1 aliphatic rings. The first kappa shape index (κ1) is 14.6. The molecule has 0 amide bonds. The molecule has 0 radical (unpaired) electrons. The van der Waals surface area contributed by atoms with Gasteiger partial charge in [-0.25, -0.2) is 0 Å². The summed E-state index contributed by atoms with van der Waals surface area (Å²) in [6, 6.07) is 4.60. The van der Waals surface area contributed by atoms with E-state index in [2.05, 4.69) is 45.1 Å². The van der Waals surface area contributed by atoms with Crippen LogP contribution < -0.4 is 5.32 Å². The highest BCUT2D eigenvalue weighted by Gasteiger charge is 2.17. The van der Waals surface area contributed by atoms with Crippen LogP contribution in [0.2, 0.25) is 0 Å². The molecule has 0 aliphatic heterocycles. The van der Waals surface area contributed by atoms with E-state index in [1.807, 2.05) is 0 Å². The molecule has 1 aromatic rings. The molecule has 1 saturated carbocycles. The van der Waals surface area contributed by atoms with Crippen molar-refractivity contribution >= 4 is 0 Å². The van der Waals surface area contributed by atoms with E-state index in [9.17, 15) is 0 Å². The van der Waals surface area contributed by atoms with Crippen LogP contribution in [0.4, 0.5) is 0 Å². The minimum Gasteiger partial charge on any atom is -0.312 e. The molecular weight excluding hydrogens is 230 g/mol. The van der Waals surface area contributed by atoms with E-state index < -0.39 is 0 Å². The highest BCUT2D eigenvalue weighted by atomic mass is 14.9. The second-order valence-corrected chi connectivity index (χ2v) is 6.63. The summed E-state index contributed by atoms with van der Waals surface area (Å²) in [4.78, 5) is 0. The number of benzene rings is 1. The minimum absolute atomic E-state index is 0.905. The van der Waals surface area contributed by atoms with Gasteiger partial charge in [-0.15, -0.1) is 0 Å². The number of aryl methyl sites for hydroxylation is 3. The van der Waals surface area contributed by atoms with Crippen LogP contribution in [0.5, 0.6) is 0 Å². The van der Waals surface area contributed by atoms with E-state index in [-0.39, 0.29) is 0 Å². The Morgan fingerprint density at radius 2 is 1.58 bits per heavy atom. The standard InChI is InChI=1S/C18H29N/c1-13-5-7-17(8-6-13)11-19-12-18-15(3)9-14(2)10-16(18)4/h9-10,13,17,19H,5-8,11-12H2,1-4H3. The minimum atomic E-state index is 0.905. The largest absolute Gasteiger partial charge is 0.312 e. The fraction of sp³-hybridized carbons (Fsp3) is 0.667. The SMILES string of the molecule is Cc1cc(C)c(CNCC2CCC(C)CC2)c(C)c1. The summed E-state index contributed by atoms with van der Waals surface area (Å²) >= 11 is 0. The van der Waals surface area contributed by atoms with Crippen molar-refractivity contribution < 1.29 is 0 Å². The normalized spacial score (nSPS) is 23.6. The lowest BCUT2D eigenvalue weighted by Gasteiger charge is -2.26. The molecule has 0 spiro atoms. The molecule has 1 nitrogen and oxygen atoms in total. The fourth-order valence-electron chi connectivity index (χ4n) is 3.42. The molecule has 0 unspecified atom stereocenters. The van der Waals surface area contributed by atoms with Gasteiger partial charge >= 0.3 is 0 Å². The van der Waals surface area contributed by atoms with Crippen LogP contribution in [-0.4, -0.2) is 6.54 Å². The van der Waals surface area contributed by atoms with Gasteiger partial charge in [-0.05, 0) is 68.7 Å². The van der Waals surface area contributed by atoms with Gasteiger partial charge < -0.3 is 5.32 Å². The van der Waals surface area contributed by atoms with Crippen molar-refractivity contribution in [2.24, 2.45) is 11.8 Å². The highest BCUT2D eigenvalue weighted by molar-refractivity contribution is 5.37. The number of hydrogen-bond acceptors (Lipinski definition) is 1. The Morgan fingerprint density at radius 1 is 1.00 bits per heavy atom. The Kier molecular flexibility index (Phi) is 5.04. The summed E-state index contributed by atoms with van der Waals surface area (Å²) in [5, 5.41) is 3.69. The predicted molar refractivity (Wildman–Crippen MR) is 83.5 cm³/mol. The van der Waals surface area contributed by atoms with Gasteiger partial charge in [0, 0.05) is 6.54 Å². The number of nitrogens with one attached hydrogen (secondary N) is 1. The zero-order chi connectivity index (χ0) is 13.8. The van der Waals surface area contributed by atoms with Crippen molar-refractivity contribution in [3.8, 4) is 0 Å². The number of rotatable bonds is 4. The van der Waals surface area contributed by atoms with Crippen LogP contribution in [-0.2, 0) is 6.54 Å². The molecule has 1 aliphatic carbocycles. The third-order valence-corrected chi connectivity index (χ3v) is 4.71. The van der Waals surface area contributed by atoms with Crippen LogP contribution in [0.3, 0.4) is 0 Å². The van der Waals surface area contributed by atoms with Gasteiger partial charge in [-0.2, -0.15) is 0 Å². The van der Waals surface area contributed by atoms with Crippen molar-refractivity contribution in [3.63, 3.8) is 0 Å². The summed E-state index contributed by atoms with van der Waals surface area (Å²) in [5.74, 6) is 1.86. The van der Waals surface area contributed by atoms with E-state index in [0.717, 1.165) is 18.4 Å². The molecule has 1 heteroatoms. The van der Waals surface area contributed by atoms with Gasteiger partial charge in [0.05, 0.1) is 0 Å². The number of hydrogen-bond donors (Lipinski definition) is 1. The Balaban J connectivity index is 1.83. The lowest BCUT2D eigenvalue weighted by molar-refractivity contribution is 0.281. The van der Waals surface area contributed by atoms with Crippen molar-refractivity contribution in [2.75, 3.05) is 6.54 Å². The van der Waals surface area contributed by atoms with E-state index >= 15 is 0 Å². The Labute approximate surface area is 118 Å². The second-order valence-electron chi connectivity index (χ2n) is 6.63. The quantitative estimate of drug-likeness (QED) is 0.838. The van der Waals surface area contributed by atoms with Crippen LogP contribution in [0.25, 0.3) is 0 Å². The summed E-state index contributed by atoms with van der Waals surface area (Å²) < 4.78 is 0. The van der Waals surface area contributed by atoms with Gasteiger partial charge in [-0.3, -0.25) is 0 Å². The van der Waals surface area contributed by atoms with E-state index in [1.165, 1.54) is 54.5 Å².